The van der Waals surface area contributed by atoms with Crippen LogP contribution in [0.4, 0.5) is 0 Å². The molecule has 3 nitrogen and oxygen atoms in total. The lowest BCUT2D eigenvalue weighted by molar-refractivity contribution is 0.508. The number of nitrogens with zero attached hydrogens (tertiary/aromatic N) is 1. The minimum atomic E-state index is 0.0860. The molecular formula is C13H16N2OS2. The second-order valence-corrected chi connectivity index (χ2v) is 6.53. The van der Waals surface area contributed by atoms with E-state index in [1.165, 1.54) is 16.9 Å². The minimum Gasteiger partial charge on any atom is -0.323 e. The van der Waals surface area contributed by atoms with Gasteiger partial charge in [0.05, 0.1) is 5.39 Å². The first-order valence-corrected chi connectivity index (χ1v) is 7.61. The highest BCUT2D eigenvalue weighted by Gasteiger charge is 2.23. The molecule has 1 unspecified atom stereocenters. The van der Waals surface area contributed by atoms with Crippen LogP contribution in [-0.4, -0.2) is 9.55 Å². The zero-order chi connectivity index (χ0) is 12.9. The Morgan fingerprint density at radius 3 is 3.06 bits per heavy atom. The number of hydrogen-bond donors (Lipinski definition) is 1. The van der Waals surface area contributed by atoms with Gasteiger partial charge in [0.1, 0.15) is 4.83 Å². The van der Waals surface area contributed by atoms with Gasteiger partial charge < -0.3 is 4.98 Å². The molecule has 1 N–H and O–H groups in total. The van der Waals surface area contributed by atoms with Crippen molar-refractivity contribution in [2.45, 2.75) is 39.7 Å². The third kappa shape index (κ3) is 1.68. The molecule has 96 valence electrons. The first-order chi connectivity index (χ1) is 8.61. The van der Waals surface area contributed by atoms with Gasteiger partial charge in [0.25, 0.3) is 5.56 Å². The van der Waals surface area contributed by atoms with Crippen LogP contribution >= 0.6 is 23.6 Å². The molecule has 5 heteroatoms. The molecule has 0 aliphatic heterocycles. The third-order valence-corrected chi connectivity index (χ3v) is 5.28. The Kier molecular flexibility index (Phi) is 2.90. The van der Waals surface area contributed by atoms with E-state index in [9.17, 15) is 4.79 Å². The van der Waals surface area contributed by atoms with Gasteiger partial charge in [-0.15, -0.1) is 11.3 Å². The lowest BCUT2D eigenvalue weighted by atomic mass is 9.89. The quantitative estimate of drug-likeness (QED) is 0.814. The first kappa shape index (κ1) is 12.1. The molecule has 2 aromatic rings. The summed E-state index contributed by atoms with van der Waals surface area (Å²) in [6, 6.07) is 0. The molecule has 0 amide bonds. The fourth-order valence-electron chi connectivity index (χ4n) is 2.75. The third-order valence-electron chi connectivity index (χ3n) is 3.75. The molecule has 0 saturated carbocycles. The summed E-state index contributed by atoms with van der Waals surface area (Å²) in [7, 11) is 0. The van der Waals surface area contributed by atoms with Gasteiger partial charge in [0.15, 0.2) is 4.77 Å². The number of thiophene rings is 1. The van der Waals surface area contributed by atoms with E-state index < -0.39 is 0 Å². The van der Waals surface area contributed by atoms with Crippen LogP contribution in [0.3, 0.4) is 0 Å². The Hall–Kier alpha value is -0.940. The van der Waals surface area contributed by atoms with Crippen molar-refractivity contribution in [1.82, 2.24) is 9.55 Å². The molecule has 2 aromatic heterocycles. The van der Waals surface area contributed by atoms with Crippen molar-refractivity contribution in [3.8, 4) is 0 Å². The average molecular weight is 280 g/mol. The van der Waals surface area contributed by atoms with E-state index in [-0.39, 0.29) is 5.56 Å². The first-order valence-electron chi connectivity index (χ1n) is 6.39. The highest BCUT2D eigenvalue weighted by Crippen LogP contribution is 2.35. The van der Waals surface area contributed by atoms with E-state index in [4.69, 9.17) is 12.2 Å². The molecule has 1 aliphatic rings. The van der Waals surface area contributed by atoms with Crippen LogP contribution < -0.4 is 5.56 Å². The molecule has 0 aromatic carbocycles. The van der Waals surface area contributed by atoms with Crippen molar-refractivity contribution in [2.75, 3.05) is 0 Å². The monoisotopic (exact) mass is 280 g/mol. The molecule has 1 aliphatic carbocycles. The fraction of sp³-hybridized carbons (Fsp3) is 0.538. The van der Waals surface area contributed by atoms with E-state index in [1.807, 2.05) is 6.92 Å². The van der Waals surface area contributed by atoms with Crippen LogP contribution in [-0.2, 0) is 19.4 Å². The maximum Gasteiger partial charge on any atom is 0.263 e. The molecule has 18 heavy (non-hydrogen) atoms. The number of nitrogens with one attached hydrogen (secondary N) is 1. The smallest absolute Gasteiger partial charge is 0.263 e. The maximum absolute atomic E-state index is 12.5. The van der Waals surface area contributed by atoms with E-state index in [0.717, 1.165) is 23.1 Å². The van der Waals surface area contributed by atoms with Gasteiger partial charge in [-0.2, -0.15) is 0 Å². The highest BCUT2D eigenvalue weighted by molar-refractivity contribution is 7.71. The van der Waals surface area contributed by atoms with Crippen LogP contribution in [0.5, 0.6) is 0 Å². The number of aryl methyl sites for hydroxylation is 1. The second-order valence-electron chi connectivity index (χ2n) is 5.04. The number of fused-ring (bicyclic) bond motifs is 3. The topological polar surface area (TPSA) is 37.8 Å². The maximum atomic E-state index is 12.5. The number of aromatic nitrogens is 2. The van der Waals surface area contributed by atoms with Gasteiger partial charge in [0, 0.05) is 11.4 Å². The lowest BCUT2D eigenvalue weighted by Crippen LogP contribution is -2.22. The van der Waals surface area contributed by atoms with Crippen molar-refractivity contribution < 1.29 is 0 Å². The van der Waals surface area contributed by atoms with Gasteiger partial charge in [-0.05, 0) is 49.9 Å². The van der Waals surface area contributed by atoms with Gasteiger partial charge in [0.2, 0.25) is 0 Å². The van der Waals surface area contributed by atoms with E-state index in [0.29, 0.717) is 17.2 Å². The highest BCUT2D eigenvalue weighted by atomic mass is 32.1. The number of hydrogen-bond acceptors (Lipinski definition) is 3. The fourth-order valence-corrected chi connectivity index (χ4v) is 4.37. The van der Waals surface area contributed by atoms with Gasteiger partial charge in [-0.3, -0.25) is 9.36 Å². The van der Waals surface area contributed by atoms with Gasteiger partial charge in [-0.25, -0.2) is 0 Å². The Labute approximate surface area is 114 Å². The van der Waals surface area contributed by atoms with Gasteiger partial charge in [-0.1, -0.05) is 6.92 Å². The molecular weight excluding hydrogens is 264 g/mol. The van der Waals surface area contributed by atoms with Crippen LogP contribution in [0.25, 0.3) is 10.2 Å². The molecule has 0 saturated heterocycles. The molecule has 0 radical (unpaired) electrons. The Bertz CT molecular complexity index is 723. The zero-order valence-electron chi connectivity index (χ0n) is 10.6. The zero-order valence-corrected chi connectivity index (χ0v) is 12.2. The molecule has 0 bridgehead atoms. The van der Waals surface area contributed by atoms with E-state index in [2.05, 4.69) is 11.9 Å². The molecule has 0 fully saturated rings. The predicted octanol–water partition coefficient (Wildman–Crippen LogP) is 3.27. The normalized spacial score (nSPS) is 19.1. The van der Waals surface area contributed by atoms with Crippen LogP contribution in [0, 0.1) is 10.7 Å². The van der Waals surface area contributed by atoms with Crippen molar-refractivity contribution in [3.63, 3.8) is 0 Å². The molecule has 1 atom stereocenters. The lowest BCUT2D eigenvalue weighted by Gasteiger charge is -2.17. The Balaban J connectivity index is 2.39. The molecule has 2 heterocycles. The minimum absolute atomic E-state index is 0.0860. The largest absolute Gasteiger partial charge is 0.323 e. The Morgan fingerprint density at radius 2 is 2.33 bits per heavy atom. The van der Waals surface area contributed by atoms with Crippen molar-refractivity contribution in [2.24, 2.45) is 5.92 Å². The van der Waals surface area contributed by atoms with Crippen molar-refractivity contribution in [1.29, 1.82) is 0 Å². The standard InChI is InChI=1S/C13H16N2OS2/c1-3-15-12(16)10-8-6-7(2)4-5-9(8)18-11(10)14-13(15)17/h7H,3-6H2,1-2H3,(H,14,17). The Morgan fingerprint density at radius 1 is 1.56 bits per heavy atom. The van der Waals surface area contributed by atoms with Crippen molar-refractivity contribution in [3.05, 3.63) is 25.6 Å². The van der Waals surface area contributed by atoms with Crippen molar-refractivity contribution >= 4 is 33.8 Å². The summed E-state index contributed by atoms with van der Waals surface area (Å²) in [5.74, 6) is 0.674. The van der Waals surface area contributed by atoms with E-state index in [1.54, 1.807) is 15.9 Å². The summed E-state index contributed by atoms with van der Waals surface area (Å²) in [6.45, 7) is 4.85. The number of H-pyrrole nitrogens is 1. The molecule has 3 rings (SSSR count). The van der Waals surface area contributed by atoms with Crippen LogP contribution in [0.15, 0.2) is 4.79 Å². The summed E-state index contributed by atoms with van der Waals surface area (Å²) in [5, 5.41) is 0.886. The number of aromatic amines is 1. The summed E-state index contributed by atoms with van der Waals surface area (Å²) in [6.07, 6.45) is 3.35. The number of rotatable bonds is 1. The van der Waals surface area contributed by atoms with E-state index >= 15 is 0 Å². The van der Waals surface area contributed by atoms with Gasteiger partial charge >= 0.3 is 0 Å². The SMILES string of the molecule is CCn1c(=S)[nH]c2sc3c(c2c1=O)CC(C)CC3. The van der Waals surface area contributed by atoms with Crippen LogP contribution in [0.1, 0.15) is 30.7 Å². The predicted molar refractivity (Wildman–Crippen MR) is 78.1 cm³/mol. The summed E-state index contributed by atoms with van der Waals surface area (Å²) >= 11 is 6.96. The van der Waals surface area contributed by atoms with Crippen LogP contribution in [0.2, 0.25) is 0 Å². The second kappa shape index (κ2) is 4.31. The summed E-state index contributed by atoms with van der Waals surface area (Å²) in [4.78, 5) is 18.1. The average Bonchev–Trinajstić information content (AvgIpc) is 2.66. The molecule has 0 spiro atoms. The summed E-state index contributed by atoms with van der Waals surface area (Å²) < 4.78 is 2.20. The summed E-state index contributed by atoms with van der Waals surface area (Å²) in [5.41, 5.74) is 1.36.